The standard InChI is InChI=1S/C20H31N5O2/c1-4-20(26)22-17-13-16(21)19(27-3)14-18(17)25-11-9-24(10-12-25)15-5-7-23(2)8-6-15/h4,13-15H,1,5-12,21H2,2-3H3,(H,22,26). The summed E-state index contributed by atoms with van der Waals surface area (Å²) in [6, 6.07) is 4.36. The first-order chi connectivity index (χ1) is 13.0. The first-order valence-electron chi connectivity index (χ1n) is 9.60. The number of amides is 1. The van der Waals surface area contributed by atoms with Gasteiger partial charge >= 0.3 is 0 Å². The van der Waals surface area contributed by atoms with E-state index in [-0.39, 0.29) is 5.91 Å². The third kappa shape index (κ3) is 4.54. The van der Waals surface area contributed by atoms with Crippen molar-refractivity contribution in [3.05, 3.63) is 24.8 Å². The Balaban J connectivity index is 1.72. The monoisotopic (exact) mass is 373 g/mol. The van der Waals surface area contributed by atoms with Gasteiger partial charge in [-0.2, -0.15) is 0 Å². The van der Waals surface area contributed by atoms with Crippen LogP contribution in [0.25, 0.3) is 0 Å². The Morgan fingerprint density at radius 2 is 1.89 bits per heavy atom. The summed E-state index contributed by atoms with van der Waals surface area (Å²) >= 11 is 0. The topological polar surface area (TPSA) is 74.1 Å². The number of carbonyl (C=O) groups is 1. The van der Waals surface area contributed by atoms with Crippen LogP contribution in [0.3, 0.4) is 0 Å². The molecule has 1 aromatic rings. The van der Waals surface area contributed by atoms with E-state index < -0.39 is 0 Å². The van der Waals surface area contributed by atoms with E-state index >= 15 is 0 Å². The minimum Gasteiger partial charge on any atom is -0.495 e. The van der Waals surface area contributed by atoms with E-state index in [1.165, 1.54) is 32.0 Å². The van der Waals surface area contributed by atoms with Crippen LogP contribution >= 0.6 is 0 Å². The average Bonchev–Trinajstić information content (AvgIpc) is 2.69. The number of benzene rings is 1. The SMILES string of the molecule is C=CC(=O)Nc1cc(N)c(OC)cc1N1CCN(C2CCN(C)CC2)CC1. The Bertz CT molecular complexity index is 677. The number of piperidine rings is 1. The predicted octanol–water partition coefficient (Wildman–Crippen LogP) is 1.62. The molecule has 2 aliphatic heterocycles. The maximum atomic E-state index is 11.8. The summed E-state index contributed by atoms with van der Waals surface area (Å²) in [5.41, 5.74) is 8.19. The molecule has 1 aromatic carbocycles. The quantitative estimate of drug-likeness (QED) is 0.604. The molecule has 2 heterocycles. The van der Waals surface area contributed by atoms with Crippen LogP contribution in [0.4, 0.5) is 17.1 Å². The highest BCUT2D eigenvalue weighted by Crippen LogP contribution is 2.36. The van der Waals surface area contributed by atoms with Crippen LogP contribution in [0.1, 0.15) is 12.8 Å². The largest absolute Gasteiger partial charge is 0.495 e. The molecule has 0 aromatic heterocycles. The summed E-state index contributed by atoms with van der Waals surface area (Å²) in [4.78, 5) is 19.1. The highest BCUT2D eigenvalue weighted by atomic mass is 16.5. The molecule has 2 aliphatic rings. The lowest BCUT2D eigenvalue weighted by atomic mass is 10.0. The minimum atomic E-state index is -0.245. The molecule has 7 nitrogen and oxygen atoms in total. The van der Waals surface area contributed by atoms with Crippen molar-refractivity contribution in [2.24, 2.45) is 0 Å². The smallest absolute Gasteiger partial charge is 0.247 e. The fourth-order valence-electron chi connectivity index (χ4n) is 4.00. The van der Waals surface area contributed by atoms with Gasteiger partial charge in [-0.3, -0.25) is 9.69 Å². The third-order valence-electron chi connectivity index (χ3n) is 5.65. The van der Waals surface area contributed by atoms with Gasteiger partial charge in [-0.1, -0.05) is 6.58 Å². The van der Waals surface area contributed by atoms with Crippen LogP contribution in [0.5, 0.6) is 5.75 Å². The number of likely N-dealkylation sites (tertiary alicyclic amines) is 1. The lowest BCUT2D eigenvalue weighted by molar-refractivity contribution is -0.111. The van der Waals surface area contributed by atoms with Crippen molar-refractivity contribution < 1.29 is 9.53 Å². The number of methoxy groups -OCH3 is 1. The molecule has 3 rings (SSSR count). The van der Waals surface area contributed by atoms with Gasteiger partial charge in [0, 0.05) is 38.3 Å². The Morgan fingerprint density at radius 3 is 2.48 bits per heavy atom. The second-order valence-electron chi connectivity index (χ2n) is 7.36. The maximum Gasteiger partial charge on any atom is 0.247 e. The zero-order valence-corrected chi connectivity index (χ0v) is 16.4. The Kier molecular flexibility index (Phi) is 6.23. The number of piperazine rings is 1. The molecule has 2 fully saturated rings. The molecule has 2 saturated heterocycles. The van der Waals surface area contributed by atoms with Crippen molar-refractivity contribution >= 4 is 23.0 Å². The number of hydrogen-bond acceptors (Lipinski definition) is 6. The number of nitrogens with one attached hydrogen (secondary N) is 1. The fraction of sp³-hybridized carbons (Fsp3) is 0.550. The molecule has 27 heavy (non-hydrogen) atoms. The van der Waals surface area contributed by atoms with Gasteiger partial charge in [-0.15, -0.1) is 0 Å². The second-order valence-corrected chi connectivity index (χ2v) is 7.36. The van der Waals surface area contributed by atoms with Crippen LogP contribution in [0, 0.1) is 0 Å². The molecule has 0 spiro atoms. The van der Waals surface area contributed by atoms with Crippen molar-refractivity contribution in [3.63, 3.8) is 0 Å². The van der Waals surface area contributed by atoms with Crippen molar-refractivity contribution in [1.82, 2.24) is 9.80 Å². The van der Waals surface area contributed by atoms with E-state index in [0.717, 1.165) is 31.9 Å². The van der Waals surface area contributed by atoms with E-state index in [0.29, 0.717) is 23.2 Å². The Hall–Kier alpha value is -2.25. The number of ether oxygens (including phenoxy) is 1. The molecular formula is C20H31N5O2. The first kappa shape index (κ1) is 19.5. The number of carbonyl (C=O) groups excluding carboxylic acids is 1. The summed E-state index contributed by atoms with van der Waals surface area (Å²) in [5, 5.41) is 2.88. The van der Waals surface area contributed by atoms with Gasteiger partial charge in [-0.25, -0.2) is 0 Å². The summed E-state index contributed by atoms with van der Waals surface area (Å²) in [6.07, 6.45) is 3.75. The summed E-state index contributed by atoms with van der Waals surface area (Å²) < 4.78 is 5.39. The van der Waals surface area contributed by atoms with E-state index in [9.17, 15) is 4.79 Å². The fourth-order valence-corrected chi connectivity index (χ4v) is 4.00. The molecular weight excluding hydrogens is 342 g/mol. The van der Waals surface area contributed by atoms with Gasteiger partial charge in [0.25, 0.3) is 0 Å². The van der Waals surface area contributed by atoms with Crippen molar-refractivity contribution in [1.29, 1.82) is 0 Å². The Morgan fingerprint density at radius 1 is 1.22 bits per heavy atom. The molecule has 148 valence electrons. The first-order valence-corrected chi connectivity index (χ1v) is 9.60. The van der Waals surface area contributed by atoms with E-state index in [1.807, 2.05) is 6.07 Å². The summed E-state index contributed by atoms with van der Waals surface area (Å²) in [6.45, 7) is 9.76. The van der Waals surface area contributed by atoms with Crippen molar-refractivity contribution in [2.45, 2.75) is 18.9 Å². The number of hydrogen-bond donors (Lipinski definition) is 2. The highest BCUT2D eigenvalue weighted by molar-refractivity contribution is 6.02. The molecule has 7 heteroatoms. The highest BCUT2D eigenvalue weighted by Gasteiger charge is 2.27. The molecule has 0 radical (unpaired) electrons. The van der Waals surface area contributed by atoms with Crippen molar-refractivity contribution in [2.75, 3.05) is 69.4 Å². The van der Waals surface area contributed by atoms with Crippen LogP contribution in [-0.4, -0.2) is 75.2 Å². The van der Waals surface area contributed by atoms with Crippen LogP contribution in [-0.2, 0) is 4.79 Å². The molecule has 3 N–H and O–H groups in total. The molecule has 0 aliphatic carbocycles. The Labute approximate surface area is 161 Å². The predicted molar refractivity (Wildman–Crippen MR) is 111 cm³/mol. The van der Waals surface area contributed by atoms with Gasteiger partial charge < -0.3 is 25.6 Å². The number of rotatable bonds is 5. The normalized spacial score (nSPS) is 19.7. The van der Waals surface area contributed by atoms with E-state index in [2.05, 4.69) is 33.6 Å². The van der Waals surface area contributed by atoms with E-state index in [1.54, 1.807) is 13.2 Å². The van der Waals surface area contributed by atoms with Crippen LogP contribution < -0.4 is 20.7 Å². The number of nitrogens with two attached hydrogens (primary N) is 1. The lowest BCUT2D eigenvalue weighted by Gasteiger charge is -2.43. The average molecular weight is 374 g/mol. The maximum absolute atomic E-state index is 11.8. The van der Waals surface area contributed by atoms with Gasteiger partial charge in [0.2, 0.25) is 5.91 Å². The zero-order chi connectivity index (χ0) is 19.4. The lowest BCUT2D eigenvalue weighted by Crippen LogP contribution is -2.53. The van der Waals surface area contributed by atoms with Crippen molar-refractivity contribution in [3.8, 4) is 5.75 Å². The van der Waals surface area contributed by atoms with Crippen LogP contribution in [0.15, 0.2) is 24.8 Å². The summed E-state index contributed by atoms with van der Waals surface area (Å²) in [7, 11) is 3.80. The van der Waals surface area contributed by atoms with Gasteiger partial charge in [0.15, 0.2) is 0 Å². The minimum absolute atomic E-state index is 0.245. The number of nitrogen functional groups attached to an aromatic ring is 1. The third-order valence-corrected chi connectivity index (χ3v) is 5.65. The second kappa shape index (κ2) is 8.63. The molecule has 0 unspecified atom stereocenters. The van der Waals surface area contributed by atoms with Gasteiger partial charge in [-0.05, 0) is 45.1 Å². The number of anilines is 3. The van der Waals surface area contributed by atoms with Gasteiger partial charge in [0.05, 0.1) is 24.2 Å². The van der Waals surface area contributed by atoms with E-state index in [4.69, 9.17) is 10.5 Å². The summed E-state index contributed by atoms with van der Waals surface area (Å²) in [5.74, 6) is 0.380. The van der Waals surface area contributed by atoms with Gasteiger partial charge in [0.1, 0.15) is 5.75 Å². The zero-order valence-electron chi connectivity index (χ0n) is 16.4. The number of nitrogens with zero attached hydrogens (tertiary/aromatic N) is 3. The van der Waals surface area contributed by atoms with Crippen LogP contribution in [0.2, 0.25) is 0 Å². The molecule has 0 atom stereocenters. The molecule has 1 amide bonds. The molecule has 0 bridgehead atoms. The molecule has 0 saturated carbocycles.